The van der Waals surface area contributed by atoms with Gasteiger partial charge in [-0.1, -0.05) is 17.7 Å². The molecule has 3 aromatic rings. The fourth-order valence-corrected chi connectivity index (χ4v) is 4.28. The first-order valence-corrected chi connectivity index (χ1v) is 10.1. The van der Waals surface area contributed by atoms with E-state index in [4.69, 9.17) is 0 Å². The second-order valence-electron chi connectivity index (χ2n) is 8.18. The zero-order valence-corrected chi connectivity index (χ0v) is 17.1. The van der Waals surface area contributed by atoms with Gasteiger partial charge in [0.25, 0.3) is 0 Å². The number of likely N-dealkylation sites (N-methyl/N-ethyl adjacent to an activating group) is 1. The monoisotopic (exact) mass is 401 g/mol. The van der Waals surface area contributed by atoms with E-state index in [1.807, 2.05) is 0 Å². The summed E-state index contributed by atoms with van der Waals surface area (Å²) in [5, 5.41) is 1.31. The van der Waals surface area contributed by atoms with Crippen molar-refractivity contribution in [3.05, 3.63) is 64.6 Å². The van der Waals surface area contributed by atoms with Crippen LogP contribution in [-0.2, 0) is 32.0 Å². The summed E-state index contributed by atoms with van der Waals surface area (Å²) in [4.78, 5) is 6.00. The minimum Gasteiger partial charge on any atom is -0.344 e. The van der Waals surface area contributed by atoms with Crippen molar-refractivity contribution in [1.29, 1.82) is 0 Å². The first-order chi connectivity index (χ1) is 13.7. The van der Waals surface area contributed by atoms with Crippen molar-refractivity contribution in [2.24, 2.45) is 0 Å². The summed E-state index contributed by atoms with van der Waals surface area (Å²) in [6.45, 7) is 6.13. The van der Waals surface area contributed by atoms with Crippen molar-refractivity contribution < 1.29 is 13.2 Å². The average Bonchev–Trinajstić information content (AvgIpc) is 2.86. The predicted molar refractivity (Wildman–Crippen MR) is 109 cm³/mol. The molecule has 0 saturated carbocycles. The number of pyridine rings is 1. The fraction of sp³-hybridized carbons (Fsp3) is 0.435. The van der Waals surface area contributed by atoms with Crippen LogP contribution >= 0.6 is 0 Å². The molecular weight excluding hydrogens is 375 g/mol. The standard InChI is InChI=1S/C23H26F3N3/c1-15-4-6-20-19(12-15)18-9-10-28(3)16(2)13-21(18)29(20)11-8-17-5-7-22(27-14-17)23(24,25)26/h4-7,12,14,16H,8-11,13H2,1-3H3. The lowest BCUT2D eigenvalue weighted by Gasteiger charge is -2.22. The van der Waals surface area contributed by atoms with Crippen LogP contribution in [0.15, 0.2) is 36.5 Å². The zero-order valence-electron chi connectivity index (χ0n) is 17.1. The largest absolute Gasteiger partial charge is 0.433 e. The second kappa shape index (κ2) is 7.48. The molecule has 0 bridgehead atoms. The summed E-state index contributed by atoms with van der Waals surface area (Å²) in [6, 6.07) is 9.64. The third kappa shape index (κ3) is 3.90. The van der Waals surface area contributed by atoms with E-state index in [-0.39, 0.29) is 0 Å². The number of alkyl halides is 3. The maximum atomic E-state index is 12.8. The second-order valence-corrected chi connectivity index (χ2v) is 8.18. The molecule has 0 N–H and O–H groups in total. The molecule has 29 heavy (non-hydrogen) atoms. The summed E-state index contributed by atoms with van der Waals surface area (Å²) in [5.74, 6) is 0. The minimum atomic E-state index is -4.40. The molecule has 0 saturated heterocycles. The lowest BCUT2D eigenvalue weighted by molar-refractivity contribution is -0.141. The molecule has 6 heteroatoms. The Morgan fingerprint density at radius 3 is 2.66 bits per heavy atom. The van der Waals surface area contributed by atoms with Crippen LogP contribution in [0, 0.1) is 6.92 Å². The summed E-state index contributed by atoms with van der Waals surface area (Å²) < 4.78 is 40.7. The van der Waals surface area contributed by atoms with Crippen LogP contribution < -0.4 is 0 Å². The van der Waals surface area contributed by atoms with Crippen molar-refractivity contribution in [2.45, 2.75) is 51.9 Å². The van der Waals surface area contributed by atoms with E-state index in [2.05, 4.69) is 53.5 Å². The molecular formula is C23H26F3N3. The maximum Gasteiger partial charge on any atom is 0.433 e. The van der Waals surface area contributed by atoms with Gasteiger partial charge in [0.05, 0.1) is 0 Å². The van der Waals surface area contributed by atoms with Gasteiger partial charge in [0, 0.05) is 48.3 Å². The highest BCUT2D eigenvalue weighted by molar-refractivity contribution is 5.86. The molecule has 3 nitrogen and oxygen atoms in total. The molecule has 154 valence electrons. The van der Waals surface area contributed by atoms with E-state index in [1.54, 1.807) is 6.07 Å². The number of nitrogens with zero attached hydrogens (tertiary/aromatic N) is 3. The normalized spacial score (nSPS) is 18.1. The Labute approximate surface area is 169 Å². The van der Waals surface area contributed by atoms with Crippen molar-refractivity contribution in [2.75, 3.05) is 13.6 Å². The van der Waals surface area contributed by atoms with Gasteiger partial charge in [0.15, 0.2) is 0 Å². The molecule has 3 heterocycles. The van der Waals surface area contributed by atoms with Gasteiger partial charge in [-0.15, -0.1) is 0 Å². The van der Waals surface area contributed by atoms with E-state index in [1.165, 1.54) is 33.9 Å². The summed E-state index contributed by atoms with van der Waals surface area (Å²) in [5.41, 5.74) is 5.23. The van der Waals surface area contributed by atoms with Crippen LogP contribution in [0.3, 0.4) is 0 Å². The first-order valence-electron chi connectivity index (χ1n) is 10.1. The van der Waals surface area contributed by atoms with Gasteiger partial charge in [0.2, 0.25) is 0 Å². The van der Waals surface area contributed by atoms with Crippen LogP contribution in [0.1, 0.15) is 35.0 Å². The molecule has 0 aliphatic carbocycles. The smallest absolute Gasteiger partial charge is 0.344 e. The quantitative estimate of drug-likeness (QED) is 0.614. The number of rotatable bonds is 3. The molecule has 1 aliphatic heterocycles. The van der Waals surface area contributed by atoms with Gasteiger partial charge in [-0.05, 0) is 63.1 Å². The molecule has 1 unspecified atom stereocenters. The summed E-state index contributed by atoms with van der Waals surface area (Å²) >= 11 is 0. The van der Waals surface area contributed by atoms with Crippen LogP contribution in [0.2, 0.25) is 0 Å². The van der Waals surface area contributed by atoms with Crippen molar-refractivity contribution >= 4 is 10.9 Å². The average molecular weight is 401 g/mol. The Morgan fingerprint density at radius 2 is 1.97 bits per heavy atom. The molecule has 4 rings (SSSR count). The third-order valence-electron chi connectivity index (χ3n) is 6.14. The highest BCUT2D eigenvalue weighted by Crippen LogP contribution is 2.32. The number of aromatic nitrogens is 2. The van der Waals surface area contributed by atoms with Crippen LogP contribution in [0.4, 0.5) is 13.2 Å². The van der Waals surface area contributed by atoms with Crippen LogP contribution in [0.25, 0.3) is 10.9 Å². The molecule has 0 spiro atoms. The molecule has 0 radical (unpaired) electrons. The number of benzene rings is 1. The summed E-state index contributed by atoms with van der Waals surface area (Å²) in [6.07, 6.45) is -0.393. The molecule has 1 atom stereocenters. The van der Waals surface area contributed by atoms with Crippen LogP contribution in [-0.4, -0.2) is 34.1 Å². The van der Waals surface area contributed by atoms with Crippen molar-refractivity contribution in [3.8, 4) is 0 Å². The van der Waals surface area contributed by atoms with Gasteiger partial charge < -0.3 is 9.47 Å². The Hall–Kier alpha value is -2.34. The predicted octanol–water partition coefficient (Wildman–Crippen LogP) is 5.03. The SMILES string of the molecule is Cc1ccc2c(c1)c1c(n2CCc2ccc(C(F)(F)F)nc2)CC(C)N(C)CC1. The highest BCUT2D eigenvalue weighted by atomic mass is 19.4. The number of aryl methyl sites for hydroxylation is 3. The van der Waals surface area contributed by atoms with Gasteiger partial charge >= 0.3 is 6.18 Å². The van der Waals surface area contributed by atoms with Gasteiger partial charge in [-0.3, -0.25) is 4.98 Å². The lowest BCUT2D eigenvalue weighted by Crippen LogP contribution is -2.30. The molecule has 2 aromatic heterocycles. The van der Waals surface area contributed by atoms with Gasteiger partial charge in [-0.2, -0.15) is 13.2 Å². The van der Waals surface area contributed by atoms with Gasteiger partial charge in [0.1, 0.15) is 5.69 Å². The van der Waals surface area contributed by atoms with E-state index in [9.17, 15) is 13.2 Å². The van der Waals surface area contributed by atoms with E-state index in [0.717, 1.165) is 37.6 Å². The maximum absolute atomic E-state index is 12.8. The third-order valence-corrected chi connectivity index (χ3v) is 6.14. The molecule has 1 aliphatic rings. The first kappa shape index (κ1) is 20.0. The van der Waals surface area contributed by atoms with E-state index in [0.29, 0.717) is 12.5 Å². The molecule has 0 fully saturated rings. The van der Waals surface area contributed by atoms with E-state index < -0.39 is 11.9 Å². The Morgan fingerprint density at radius 1 is 1.17 bits per heavy atom. The van der Waals surface area contributed by atoms with Crippen molar-refractivity contribution in [3.63, 3.8) is 0 Å². The zero-order chi connectivity index (χ0) is 20.8. The highest BCUT2D eigenvalue weighted by Gasteiger charge is 2.32. The number of hydrogen-bond donors (Lipinski definition) is 0. The van der Waals surface area contributed by atoms with E-state index >= 15 is 0 Å². The Kier molecular flexibility index (Phi) is 5.15. The topological polar surface area (TPSA) is 21.1 Å². The number of hydrogen-bond acceptors (Lipinski definition) is 2. The summed E-state index contributed by atoms with van der Waals surface area (Å²) in [7, 11) is 2.17. The number of halogens is 3. The molecule has 0 amide bonds. The van der Waals surface area contributed by atoms with Crippen molar-refractivity contribution in [1.82, 2.24) is 14.5 Å². The van der Waals surface area contributed by atoms with Crippen LogP contribution in [0.5, 0.6) is 0 Å². The molecule has 1 aromatic carbocycles. The fourth-order valence-electron chi connectivity index (χ4n) is 4.28. The minimum absolute atomic E-state index is 0.452. The number of fused-ring (bicyclic) bond motifs is 3. The lowest BCUT2D eigenvalue weighted by atomic mass is 10.0. The Bertz CT molecular complexity index is 1020. The van der Waals surface area contributed by atoms with Gasteiger partial charge in [-0.25, -0.2) is 0 Å². The Balaban J connectivity index is 1.67.